The molecule has 0 aliphatic carbocycles. The number of fused-ring (bicyclic) bond motifs is 1. The fourth-order valence-corrected chi connectivity index (χ4v) is 4.26. The number of aliphatic carboxylic acids is 1. The lowest BCUT2D eigenvalue weighted by Gasteiger charge is -2.38. The largest absolute Gasteiger partial charge is 0.497 e. The van der Waals surface area contributed by atoms with Gasteiger partial charge in [0.1, 0.15) is 17.2 Å². The van der Waals surface area contributed by atoms with Crippen molar-refractivity contribution in [3.05, 3.63) is 88.4 Å². The maximum absolute atomic E-state index is 13.4. The van der Waals surface area contributed by atoms with Gasteiger partial charge in [0.2, 0.25) is 0 Å². The first-order valence-electron chi connectivity index (χ1n) is 10.7. The van der Waals surface area contributed by atoms with Crippen LogP contribution in [0.4, 0.5) is 0 Å². The van der Waals surface area contributed by atoms with Crippen LogP contribution in [-0.2, 0) is 16.0 Å². The Kier molecular flexibility index (Phi) is 7.23. The van der Waals surface area contributed by atoms with E-state index in [2.05, 4.69) is 0 Å². The summed E-state index contributed by atoms with van der Waals surface area (Å²) < 4.78 is 16.5. The maximum atomic E-state index is 13.4. The lowest BCUT2D eigenvalue weighted by Crippen LogP contribution is -2.43. The molecule has 0 aromatic heterocycles. The highest BCUT2D eigenvalue weighted by Crippen LogP contribution is 2.40. The van der Waals surface area contributed by atoms with E-state index >= 15 is 0 Å². The molecule has 34 heavy (non-hydrogen) atoms. The number of carbonyl (C=O) groups is 2. The minimum absolute atomic E-state index is 0.156. The average molecular weight is 482 g/mol. The summed E-state index contributed by atoms with van der Waals surface area (Å²) in [6.07, 6.45) is 0.687. The number of carboxylic acid groups (broad SMARTS) is 1. The van der Waals surface area contributed by atoms with Gasteiger partial charge >= 0.3 is 5.97 Å². The number of ether oxygens (including phenoxy) is 3. The van der Waals surface area contributed by atoms with Gasteiger partial charge in [-0.15, -0.1) is 0 Å². The summed E-state index contributed by atoms with van der Waals surface area (Å²) in [6, 6.07) is 19.4. The standard InChI is InChI=1S/C26H24ClNO6/c1-32-19-7-9-20(10-8-19)33-15-24(29)28-13-12-17-4-2-3-5-21(17)26(28)22-14-18(27)6-11-23(22)34-16-25(30)31/h2-11,14,26H,12-13,15-16H2,1H3,(H,30,31). The van der Waals surface area contributed by atoms with Gasteiger partial charge in [0.15, 0.2) is 13.2 Å². The highest BCUT2D eigenvalue weighted by molar-refractivity contribution is 6.30. The summed E-state index contributed by atoms with van der Waals surface area (Å²) in [4.78, 5) is 26.2. The van der Waals surface area contributed by atoms with Gasteiger partial charge in [0, 0.05) is 17.1 Å². The first-order valence-corrected chi connectivity index (χ1v) is 11.1. The van der Waals surface area contributed by atoms with Gasteiger partial charge in [-0.05, 0) is 60.0 Å². The number of rotatable bonds is 8. The number of methoxy groups -OCH3 is 1. The first kappa shape index (κ1) is 23.4. The summed E-state index contributed by atoms with van der Waals surface area (Å²) in [7, 11) is 1.58. The molecule has 0 spiro atoms. The summed E-state index contributed by atoms with van der Waals surface area (Å²) in [5.41, 5.74) is 2.67. The number of amides is 1. The van der Waals surface area contributed by atoms with E-state index in [1.807, 2.05) is 24.3 Å². The van der Waals surface area contributed by atoms with Crippen molar-refractivity contribution in [2.75, 3.05) is 26.9 Å². The zero-order valence-corrected chi connectivity index (χ0v) is 19.3. The molecule has 1 aliphatic rings. The maximum Gasteiger partial charge on any atom is 0.341 e. The molecule has 7 nitrogen and oxygen atoms in total. The quantitative estimate of drug-likeness (QED) is 0.514. The van der Waals surface area contributed by atoms with Crippen LogP contribution in [0.5, 0.6) is 17.2 Å². The Hall–Kier alpha value is -3.71. The third-order valence-corrected chi connectivity index (χ3v) is 5.88. The molecule has 3 aromatic rings. The second-order valence-electron chi connectivity index (χ2n) is 7.77. The molecule has 176 valence electrons. The number of carbonyl (C=O) groups excluding carboxylic acids is 1. The lowest BCUT2D eigenvalue weighted by molar-refractivity contribution is -0.139. The molecule has 0 radical (unpaired) electrons. The molecule has 1 heterocycles. The van der Waals surface area contributed by atoms with Crippen LogP contribution in [0.2, 0.25) is 5.02 Å². The van der Waals surface area contributed by atoms with Crippen molar-refractivity contribution in [3.63, 3.8) is 0 Å². The Morgan fingerprint density at radius 2 is 1.71 bits per heavy atom. The predicted molar refractivity (Wildman–Crippen MR) is 127 cm³/mol. The van der Waals surface area contributed by atoms with Crippen LogP contribution in [-0.4, -0.2) is 48.8 Å². The van der Waals surface area contributed by atoms with E-state index in [9.17, 15) is 9.59 Å². The number of hydrogen-bond acceptors (Lipinski definition) is 5. The SMILES string of the molecule is COc1ccc(OCC(=O)N2CCc3ccccc3C2c2cc(Cl)ccc2OCC(=O)O)cc1. The highest BCUT2D eigenvalue weighted by atomic mass is 35.5. The third kappa shape index (κ3) is 5.26. The highest BCUT2D eigenvalue weighted by Gasteiger charge is 2.34. The molecule has 0 fully saturated rings. The van der Waals surface area contributed by atoms with Crippen molar-refractivity contribution in [1.29, 1.82) is 0 Å². The Morgan fingerprint density at radius 3 is 2.44 bits per heavy atom. The molecule has 1 amide bonds. The van der Waals surface area contributed by atoms with Gasteiger partial charge in [-0.3, -0.25) is 4.79 Å². The van der Waals surface area contributed by atoms with Crippen LogP contribution in [0.3, 0.4) is 0 Å². The Bertz CT molecular complexity index is 1180. The van der Waals surface area contributed by atoms with Crippen molar-refractivity contribution < 1.29 is 28.9 Å². The van der Waals surface area contributed by atoms with Gasteiger partial charge in [-0.25, -0.2) is 4.79 Å². The predicted octanol–water partition coefficient (Wildman–Crippen LogP) is 4.37. The minimum Gasteiger partial charge on any atom is -0.497 e. The molecule has 3 aromatic carbocycles. The number of hydrogen-bond donors (Lipinski definition) is 1. The molecular weight excluding hydrogens is 458 g/mol. The zero-order valence-electron chi connectivity index (χ0n) is 18.6. The second-order valence-corrected chi connectivity index (χ2v) is 8.20. The number of carboxylic acids is 1. The summed E-state index contributed by atoms with van der Waals surface area (Å²) in [5, 5.41) is 9.56. The van der Waals surface area contributed by atoms with E-state index in [0.29, 0.717) is 40.8 Å². The number of benzene rings is 3. The Labute approximate surface area is 202 Å². The molecule has 1 N–H and O–H groups in total. The number of nitrogens with zero attached hydrogens (tertiary/aromatic N) is 1. The zero-order chi connectivity index (χ0) is 24.1. The molecule has 4 rings (SSSR count). The van der Waals surface area contributed by atoms with Crippen LogP contribution in [0.15, 0.2) is 66.7 Å². The molecule has 0 bridgehead atoms. The normalized spacial score (nSPS) is 14.8. The molecule has 0 saturated heterocycles. The van der Waals surface area contributed by atoms with Crippen molar-refractivity contribution in [3.8, 4) is 17.2 Å². The topological polar surface area (TPSA) is 85.3 Å². The fourth-order valence-electron chi connectivity index (χ4n) is 4.07. The van der Waals surface area contributed by atoms with E-state index in [4.69, 9.17) is 30.9 Å². The van der Waals surface area contributed by atoms with E-state index in [1.54, 1.807) is 54.5 Å². The molecule has 1 unspecified atom stereocenters. The average Bonchev–Trinajstić information content (AvgIpc) is 2.86. The van der Waals surface area contributed by atoms with Crippen molar-refractivity contribution in [2.45, 2.75) is 12.5 Å². The third-order valence-electron chi connectivity index (χ3n) is 5.64. The van der Waals surface area contributed by atoms with Crippen LogP contribution in [0.25, 0.3) is 0 Å². The van der Waals surface area contributed by atoms with Gasteiger partial charge in [0.25, 0.3) is 5.91 Å². The van der Waals surface area contributed by atoms with Crippen LogP contribution in [0.1, 0.15) is 22.7 Å². The Morgan fingerprint density at radius 1 is 0.971 bits per heavy atom. The van der Waals surface area contributed by atoms with Gasteiger partial charge < -0.3 is 24.2 Å². The first-order chi connectivity index (χ1) is 16.5. The van der Waals surface area contributed by atoms with Crippen LogP contribution >= 0.6 is 11.6 Å². The van der Waals surface area contributed by atoms with Crippen LogP contribution < -0.4 is 14.2 Å². The van der Waals surface area contributed by atoms with E-state index in [-0.39, 0.29) is 12.5 Å². The van der Waals surface area contributed by atoms with Crippen molar-refractivity contribution in [2.24, 2.45) is 0 Å². The number of halogens is 1. The van der Waals surface area contributed by atoms with E-state index < -0.39 is 18.6 Å². The fraction of sp³-hybridized carbons (Fsp3) is 0.231. The molecule has 1 aliphatic heterocycles. The summed E-state index contributed by atoms with van der Waals surface area (Å²) in [5.74, 6) is 0.310. The summed E-state index contributed by atoms with van der Waals surface area (Å²) >= 11 is 6.31. The second kappa shape index (κ2) is 10.5. The lowest BCUT2D eigenvalue weighted by atomic mass is 9.87. The Balaban J connectivity index is 1.65. The van der Waals surface area contributed by atoms with Gasteiger partial charge in [-0.2, -0.15) is 0 Å². The smallest absolute Gasteiger partial charge is 0.341 e. The van der Waals surface area contributed by atoms with E-state index in [1.165, 1.54) is 0 Å². The molecular formula is C26H24ClNO6. The van der Waals surface area contributed by atoms with Crippen molar-refractivity contribution >= 4 is 23.5 Å². The van der Waals surface area contributed by atoms with Crippen LogP contribution in [0, 0.1) is 0 Å². The monoisotopic (exact) mass is 481 g/mol. The molecule has 1 atom stereocenters. The minimum atomic E-state index is -1.09. The van der Waals surface area contributed by atoms with Gasteiger partial charge in [0.05, 0.1) is 13.2 Å². The summed E-state index contributed by atoms with van der Waals surface area (Å²) in [6.45, 7) is -0.189. The molecule has 8 heteroatoms. The van der Waals surface area contributed by atoms with E-state index in [0.717, 1.165) is 11.1 Å². The van der Waals surface area contributed by atoms with Gasteiger partial charge in [-0.1, -0.05) is 35.9 Å². The van der Waals surface area contributed by atoms with Crippen molar-refractivity contribution in [1.82, 2.24) is 4.90 Å². The molecule has 0 saturated carbocycles.